The normalized spacial score (nSPS) is 12.1. The Hall–Kier alpha value is -1.30. The summed E-state index contributed by atoms with van der Waals surface area (Å²) in [5.41, 5.74) is 0. The van der Waals surface area contributed by atoms with E-state index in [1.807, 2.05) is 6.92 Å². The smallest absolute Gasteiger partial charge is 0.315 e. The van der Waals surface area contributed by atoms with Crippen LogP contribution in [0.3, 0.4) is 0 Å². The summed E-state index contributed by atoms with van der Waals surface area (Å²) in [6, 6.07) is -0.380. The van der Waals surface area contributed by atoms with Crippen LogP contribution in [0.15, 0.2) is 0 Å². The van der Waals surface area contributed by atoms with Crippen LogP contribution >= 0.6 is 0 Å². The number of hydrogen-bond acceptors (Lipinski definition) is 4. The number of rotatable bonds is 7. The number of esters is 1. The number of hydrogen-bond donors (Lipinski definition) is 2. The lowest BCUT2D eigenvalue weighted by molar-refractivity contribution is -0.147. The Morgan fingerprint density at radius 3 is 2.41 bits per heavy atom. The van der Waals surface area contributed by atoms with Crippen molar-refractivity contribution in [2.45, 2.75) is 39.3 Å². The standard InChI is InChI=1S/C11H22N2O4/c1-8(2)17-10(14)5-6-12-11(15)13-9(3)7-16-4/h8-9H,5-7H2,1-4H3,(H2,12,13,15). The van der Waals surface area contributed by atoms with Crippen molar-refractivity contribution in [3.05, 3.63) is 0 Å². The second-order valence-corrected chi connectivity index (χ2v) is 4.05. The molecule has 0 aromatic carbocycles. The van der Waals surface area contributed by atoms with E-state index in [2.05, 4.69) is 10.6 Å². The van der Waals surface area contributed by atoms with E-state index < -0.39 is 0 Å². The summed E-state index contributed by atoms with van der Waals surface area (Å²) in [5.74, 6) is -0.315. The lowest BCUT2D eigenvalue weighted by Gasteiger charge is -2.13. The third-order valence-corrected chi connectivity index (χ3v) is 1.78. The fourth-order valence-corrected chi connectivity index (χ4v) is 1.17. The van der Waals surface area contributed by atoms with Crippen LogP contribution in [0.1, 0.15) is 27.2 Å². The number of carbonyl (C=O) groups is 2. The quantitative estimate of drug-likeness (QED) is 0.647. The molecule has 0 aliphatic heterocycles. The van der Waals surface area contributed by atoms with Crippen molar-refractivity contribution >= 4 is 12.0 Å². The Kier molecular flexibility index (Phi) is 8.13. The topological polar surface area (TPSA) is 76.7 Å². The van der Waals surface area contributed by atoms with Crippen molar-refractivity contribution in [2.24, 2.45) is 0 Å². The van der Waals surface area contributed by atoms with E-state index in [4.69, 9.17) is 9.47 Å². The molecule has 0 radical (unpaired) electrons. The number of nitrogens with one attached hydrogen (secondary N) is 2. The van der Waals surface area contributed by atoms with Crippen molar-refractivity contribution in [2.75, 3.05) is 20.3 Å². The minimum atomic E-state index is -0.315. The number of carbonyl (C=O) groups excluding carboxylic acids is 2. The van der Waals surface area contributed by atoms with E-state index in [1.165, 1.54) is 0 Å². The average Bonchev–Trinajstić information content (AvgIpc) is 2.16. The van der Waals surface area contributed by atoms with Crippen LogP contribution in [-0.2, 0) is 14.3 Å². The highest BCUT2D eigenvalue weighted by Crippen LogP contribution is 1.92. The first-order chi connectivity index (χ1) is 7.95. The van der Waals surface area contributed by atoms with Crippen LogP contribution < -0.4 is 10.6 Å². The van der Waals surface area contributed by atoms with E-state index in [9.17, 15) is 9.59 Å². The molecule has 0 aromatic heterocycles. The lowest BCUT2D eigenvalue weighted by atomic mass is 10.4. The molecule has 100 valence electrons. The minimum absolute atomic E-state index is 0.0670. The summed E-state index contributed by atoms with van der Waals surface area (Å²) in [7, 11) is 1.57. The van der Waals surface area contributed by atoms with Gasteiger partial charge in [0, 0.05) is 13.7 Å². The van der Waals surface area contributed by atoms with Gasteiger partial charge in [-0.25, -0.2) is 4.79 Å². The summed E-state index contributed by atoms with van der Waals surface area (Å²) in [5, 5.41) is 5.24. The molecule has 0 bridgehead atoms. The highest BCUT2D eigenvalue weighted by atomic mass is 16.5. The number of ether oxygens (including phenoxy) is 2. The van der Waals surface area contributed by atoms with Gasteiger partial charge in [-0.05, 0) is 20.8 Å². The Balaban J connectivity index is 3.60. The zero-order chi connectivity index (χ0) is 13.3. The highest BCUT2D eigenvalue weighted by molar-refractivity contribution is 5.75. The SMILES string of the molecule is COCC(C)NC(=O)NCCC(=O)OC(C)C. The predicted molar refractivity (Wildman–Crippen MR) is 63.7 cm³/mol. The van der Waals surface area contributed by atoms with Crippen LogP contribution in [0.2, 0.25) is 0 Å². The fraction of sp³-hybridized carbons (Fsp3) is 0.818. The molecular formula is C11H22N2O4. The molecule has 0 fully saturated rings. The molecule has 0 rings (SSSR count). The molecule has 0 aliphatic rings. The Bertz CT molecular complexity index is 244. The van der Waals surface area contributed by atoms with Gasteiger partial charge in [0.25, 0.3) is 0 Å². The van der Waals surface area contributed by atoms with Crippen molar-refractivity contribution in [3.63, 3.8) is 0 Å². The summed E-state index contributed by atoms with van der Waals surface area (Å²) in [4.78, 5) is 22.4. The van der Waals surface area contributed by atoms with Gasteiger partial charge >= 0.3 is 12.0 Å². The first-order valence-corrected chi connectivity index (χ1v) is 5.68. The van der Waals surface area contributed by atoms with Crippen molar-refractivity contribution in [1.82, 2.24) is 10.6 Å². The molecule has 2 N–H and O–H groups in total. The predicted octanol–water partition coefficient (Wildman–Crippen LogP) is 0.662. The third-order valence-electron chi connectivity index (χ3n) is 1.78. The Labute approximate surface area is 102 Å². The maximum absolute atomic E-state index is 11.3. The maximum atomic E-state index is 11.3. The second kappa shape index (κ2) is 8.81. The second-order valence-electron chi connectivity index (χ2n) is 4.05. The molecule has 2 amide bonds. The summed E-state index contributed by atoms with van der Waals surface area (Å²) in [6.45, 7) is 6.10. The van der Waals surface area contributed by atoms with Gasteiger partial charge in [-0.2, -0.15) is 0 Å². The van der Waals surface area contributed by atoms with E-state index >= 15 is 0 Å². The molecule has 1 unspecified atom stereocenters. The zero-order valence-corrected chi connectivity index (χ0v) is 10.9. The Morgan fingerprint density at radius 1 is 1.24 bits per heavy atom. The van der Waals surface area contributed by atoms with Crippen molar-refractivity contribution in [3.8, 4) is 0 Å². The van der Waals surface area contributed by atoms with Gasteiger partial charge in [-0.15, -0.1) is 0 Å². The lowest BCUT2D eigenvalue weighted by Crippen LogP contribution is -2.43. The average molecular weight is 246 g/mol. The number of urea groups is 1. The molecule has 0 saturated heterocycles. The van der Waals surface area contributed by atoms with Crippen molar-refractivity contribution < 1.29 is 19.1 Å². The molecular weight excluding hydrogens is 224 g/mol. The van der Waals surface area contributed by atoms with Crippen molar-refractivity contribution in [1.29, 1.82) is 0 Å². The van der Waals surface area contributed by atoms with Crippen LogP contribution in [0.4, 0.5) is 4.79 Å². The maximum Gasteiger partial charge on any atom is 0.315 e. The number of methoxy groups -OCH3 is 1. The fourth-order valence-electron chi connectivity index (χ4n) is 1.17. The molecule has 0 saturated carbocycles. The first kappa shape index (κ1) is 15.7. The van der Waals surface area contributed by atoms with Gasteiger partial charge < -0.3 is 20.1 Å². The molecule has 0 aliphatic carbocycles. The van der Waals surface area contributed by atoms with Crippen LogP contribution in [0.5, 0.6) is 0 Å². The van der Waals surface area contributed by atoms with E-state index in [1.54, 1.807) is 21.0 Å². The highest BCUT2D eigenvalue weighted by Gasteiger charge is 2.08. The van der Waals surface area contributed by atoms with E-state index in [-0.39, 0.29) is 37.1 Å². The van der Waals surface area contributed by atoms with Crippen LogP contribution in [0, 0.1) is 0 Å². The van der Waals surface area contributed by atoms with Gasteiger partial charge in [0.2, 0.25) is 0 Å². The molecule has 1 atom stereocenters. The molecule has 17 heavy (non-hydrogen) atoms. The molecule has 0 aromatic rings. The van der Waals surface area contributed by atoms with Gasteiger partial charge in [0.15, 0.2) is 0 Å². The monoisotopic (exact) mass is 246 g/mol. The van der Waals surface area contributed by atoms with Crippen LogP contribution in [-0.4, -0.2) is 44.4 Å². The van der Waals surface area contributed by atoms with Gasteiger partial charge in [0.05, 0.1) is 25.2 Å². The largest absolute Gasteiger partial charge is 0.463 e. The van der Waals surface area contributed by atoms with Crippen LogP contribution in [0.25, 0.3) is 0 Å². The molecule has 0 spiro atoms. The zero-order valence-electron chi connectivity index (χ0n) is 10.9. The Morgan fingerprint density at radius 2 is 1.88 bits per heavy atom. The molecule has 6 nitrogen and oxygen atoms in total. The third kappa shape index (κ3) is 9.62. The first-order valence-electron chi connectivity index (χ1n) is 5.68. The molecule has 6 heteroatoms. The number of amides is 2. The van der Waals surface area contributed by atoms with Gasteiger partial charge in [0.1, 0.15) is 0 Å². The van der Waals surface area contributed by atoms with E-state index in [0.29, 0.717) is 6.61 Å². The van der Waals surface area contributed by atoms with Gasteiger partial charge in [-0.1, -0.05) is 0 Å². The summed E-state index contributed by atoms with van der Waals surface area (Å²) < 4.78 is 9.80. The molecule has 0 heterocycles. The van der Waals surface area contributed by atoms with Gasteiger partial charge in [-0.3, -0.25) is 4.79 Å². The summed E-state index contributed by atoms with van der Waals surface area (Å²) >= 11 is 0. The summed E-state index contributed by atoms with van der Waals surface area (Å²) in [6.07, 6.45) is 0.0441. The minimum Gasteiger partial charge on any atom is -0.463 e. The van der Waals surface area contributed by atoms with E-state index in [0.717, 1.165) is 0 Å².